The van der Waals surface area contributed by atoms with Gasteiger partial charge in [-0.05, 0) is 30.5 Å². The monoisotopic (exact) mass is 268 g/mol. The first kappa shape index (κ1) is 13.8. The van der Waals surface area contributed by atoms with Gasteiger partial charge in [-0.15, -0.1) is 0 Å². The summed E-state index contributed by atoms with van der Waals surface area (Å²) in [6.07, 6.45) is 3.46. The zero-order chi connectivity index (χ0) is 14.2. The first-order valence-corrected chi connectivity index (χ1v) is 6.41. The van der Waals surface area contributed by atoms with E-state index in [0.717, 1.165) is 12.8 Å². The topological polar surface area (TPSA) is 61.7 Å². The third kappa shape index (κ3) is 3.95. The molecule has 0 aromatic heterocycles. The highest BCUT2D eigenvalue weighted by Gasteiger charge is 2.07. The van der Waals surface area contributed by atoms with Crippen LogP contribution in [0.4, 0.5) is 5.69 Å². The predicted octanol–water partition coefficient (Wildman–Crippen LogP) is 3.42. The molecule has 0 amide bonds. The second-order valence-corrected chi connectivity index (χ2v) is 4.30. The number of nitrogens with zero attached hydrogens (tertiary/aromatic N) is 1. The van der Waals surface area contributed by atoms with Gasteiger partial charge in [0.05, 0.1) is 11.3 Å². The Balaban J connectivity index is 1.86. The molecule has 20 heavy (non-hydrogen) atoms. The molecule has 102 valence electrons. The SMILES string of the molecule is O=C(O)c1ccccc1NN=CCCc1ccccc1. The summed E-state index contributed by atoms with van der Waals surface area (Å²) in [5.74, 6) is -0.965. The molecule has 0 bridgehead atoms. The molecule has 0 radical (unpaired) electrons. The molecule has 0 fully saturated rings. The number of para-hydroxylation sites is 1. The van der Waals surface area contributed by atoms with E-state index in [1.807, 2.05) is 18.2 Å². The van der Waals surface area contributed by atoms with E-state index >= 15 is 0 Å². The van der Waals surface area contributed by atoms with Crippen LogP contribution >= 0.6 is 0 Å². The van der Waals surface area contributed by atoms with Crippen molar-refractivity contribution in [2.24, 2.45) is 5.10 Å². The van der Waals surface area contributed by atoms with Crippen LogP contribution in [0.25, 0.3) is 0 Å². The van der Waals surface area contributed by atoms with Crippen LogP contribution in [0.5, 0.6) is 0 Å². The molecule has 0 aliphatic carbocycles. The van der Waals surface area contributed by atoms with Crippen LogP contribution in [-0.4, -0.2) is 17.3 Å². The third-order valence-corrected chi connectivity index (χ3v) is 2.84. The Morgan fingerprint density at radius 3 is 2.55 bits per heavy atom. The Hall–Kier alpha value is -2.62. The minimum Gasteiger partial charge on any atom is -0.478 e. The van der Waals surface area contributed by atoms with Crippen molar-refractivity contribution in [3.8, 4) is 0 Å². The Labute approximate surface area is 117 Å². The number of benzene rings is 2. The van der Waals surface area contributed by atoms with Crippen molar-refractivity contribution in [3.05, 3.63) is 65.7 Å². The van der Waals surface area contributed by atoms with Gasteiger partial charge in [0.1, 0.15) is 0 Å². The molecular formula is C16H16N2O2. The number of nitrogens with one attached hydrogen (secondary N) is 1. The van der Waals surface area contributed by atoms with Crippen molar-refractivity contribution in [3.63, 3.8) is 0 Å². The highest BCUT2D eigenvalue weighted by molar-refractivity contribution is 5.94. The molecule has 2 aromatic carbocycles. The summed E-state index contributed by atoms with van der Waals surface area (Å²) in [7, 11) is 0. The van der Waals surface area contributed by atoms with Crippen molar-refractivity contribution < 1.29 is 9.90 Å². The van der Waals surface area contributed by atoms with Crippen molar-refractivity contribution in [1.82, 2.24) is 0 Å². The number of carboxylic acids is 1. The molecule has 0 saturated carbocycles. The minimum absolute atomic E-state index is 0.215. The molecule has 0 aliphatic rings. The number of anilines is 1. The van der Waals surface area contributed by atoms with Gasteiger partial charge in [0.25, 0.3) is 0 Å². The maximum atomic E-state index is 11.0. The van der Waals surface area contributed by atoms with Crippen LogP contribution in [0.15, 0.2) is 59.7 Å². The minimum atomic E-state index is -0.965. The number of aryl methyl sites for hydroxylation is 1. The van der Waals surface area contributed by atoms with Crippen LogP contribution < -0.4 is 5.43 Å². The molecule has 4 nitrogen and oxygen atoms in total. The van der Waals surface area contributed by atoms with Gasteiger partial charge in [0.15, 0.2) is 0 Å². The third-order valence-electron chi connectivity index (χ3n) is 2.84. The summed E-state index contributed by atoms with van der Waals surface area (Å²) < 4.78 is 0. The fraction of sp³-hybridized carbons (Fsp3) is 0.125. The Morgan fingerprint density at radius 1 is 1.10 bits per heavy atom. The van der Waals surface area contributed by atoms with E-state index in [9.17, 15) is 4.79 Å². The fourth-order valence-corrected chi connectivity index (χ4v) is 1.82. The van der Waals surface area contributed by atoms with Gasteiger partial charge >= 0.3 is 5.97 Å². The lowest BCUT2D eigenvalue weighted by Crippen LogP contribution is -2.02. The van der Waals surface area contributed by atoms with E-state index in [1.165, 1.54) is 5.56 Å². The van der Waals surface area contributed by atoms with E-state index in [-0.39, 0.29) is 5.56 Å². The molecule has 2 aromatic rings. The largest absolute Gasteiger partial charge is 0.478 e. The summed E-state index contributed by atoms with van der Waals surface area (Å²) in [5, 5.41) is 13.1. The Kier molecular flexibility index (Phi) is 4.89. The van der Waals surface area contributed by atoms with Crippen molar-refractivity contribution in [2.75, 3.05) is 5.43 Å². The smallest absolute Gasteiger partial charge is 0.337 e. The highest BCUT2D eigenvalue weighted by Crippen LogP contribution is 2.14. The number of hydrogen-bond donors (Lipinski definition) is 2. The average molecular weight is 268 g/mol. The Bertz CT molecular complexity index is 594. The normalized spacial score (nSPS) is 10.6. The first-order valence-electron chi connectivity index (χ1n) is 6.41. The van der Waals surface area contributed by atoms with Crippen LogP contribution in [0.3, 0.4) is 0 Å². The van der Waals surface area contributed by atoms with Gasteiger partial charge in [-0.3, -0.25) is 5.43 Å². The maximum Gasteiger partial charge on any atom is 0.337 e. The first-order chi connectivity index (χ1) is 9.77. The van der Waals surface area contributed by atoms with E-state index in [0.29, 0.717) is 5.69 Å². The van der Waals surface area contributed by atoms with Crippen molar-refractivity contribution >= 4 is 17.9 Å². The van der Waals surface area contributed by atoms with Gasteiger partial charge in [0, 0.05) is 6.21 Å². The van der Waals surface area contributed by atoms with E-state index in [2.05, 4.69) is 22.7 Å². The number of hydrogen-bond acceptors (Lipinski definition) is 3. The van der Waals surface area contributed by atoms with Crippen molar-refractivity contribution in [1.29, 1.82) is 0 Å². The lowest BCUT2D eigenvalue weighted by Gasteiger charge is -2.04. The second kappa shape index (κ2) is 7.09. The molecule has 2 N–H and O–H groups in total. The summed E-state index contributed by atoms with van der Waals surface area (Å²) in [6, 6.07) is 16.8. The lowest BCUT2D eigenvalue weighted by atomic mass is 10.1. The van der Waals surface area contributed by atoms with E-state index in [4.69, 9.17) is 5.11 Å². The molecule has 2 rings (SSSR count). The number of carbonyl (C=O) groups is 1. The molecule has 0 unspecified atom stereocenters. The zero-order valence-electron chi connectivity index (χ0n) is 11.0. The summed E-state index contributed by atoms with van der Waals surface area (Å²) >= 11 is 0. The molecule has 0 aliphatic heterocycles. The molecular weight excluding hydrogens is 252 g/mol. The zero-order valence-corrected chi connectivity index (χ0v) is 11.0. The van der Waals surface area contributed by atoms with Gasteiger partial charge < -0.3 is 5.11 Å². The fourth-order valence-electron chi connectivity index (χ4n) is 1.82. The standard InChI is InChI=1S/C16H16N2O2/c19-16(20)14-10-4-5-11-15(14)18-17-12-6-9-13-7-2-1-3-8-13/h1-5,7-8,10-12,18H,6,9H2,(H,19,20). The van der Waals surface area contributed by atoms with Gasteiger partial charge in [-0.1, -0.05) is 42.5 Å². The highest BCUT2D eigenvalue weighted by atomic mass is 16.4. The number of rotatable bonds is 6. The number of carboxylic acid groups (broad SMARTS) is 1. The second-order valence-electron chi connectivity index (χ2n) is 4.30. The Morgan fingerprint density at radius 2 is 1.80 bits per heavy atom. The number of hydrazone groups is 1. The van der Waals surface area contributed by atoms with Gasteiger partial charge in [-0.25, -0.2) is 4.79 Å². The van der Waals surface area contributed by atoms with Crippen LogP contribution in [0.2, 0.25) is 0 Å². The predicted molar refractivity (Wildman–Crippen MR) is 80.3 cm³/mol. The quantitative estimate of drug-likeness (QED) is 0.623. The summed E-state index contributed by atoms with van der Waals surface area (Å²) in [6.45, 7) is 0. The van der Waals surface area contributed by atoms with E-state index in [1.54, 1.807) is 30.5 Å². The summed E-state index contributed by atoms with van der Waals surface area (Å²) in [5.41, 5.74) is 4.74. The van der Waals surface area contributed by atoms with Crippen LogP contribution in [-0.2, 0) is 6.42 Å². The average Bonchev–Trinajstić information content (AvgIpc) is 2.48. The molecule has 0 saturated heterocycles. The number of aromatic carboxylic acids is 1. The maximum absolute atomic E-state index is 11.0. The molecule has 0 spiro atoms. The van der Waals surface area contributed by atoms with Gasteiger partial charge in [-0.2, -0.15) is 5.10 Å². The van der Waals surface area contributed by atoms with Crippen LogP contribution in [0.1, 0.15) is 22.3 Å². The van der Waals surface area contributed by atoms with Crippen molar-refractivity contribution in [2.45, 2.75) is 12.8 Å². The molecule has 0 heterocycles. The lowest BCUT2D eigenvalue weighted by molar-refractivity contribution is 0.0698. The molecule has 4 heteroatoms. The summed E-state index contributed by atoms with van der Waals surface area (Å²) in [4.78, 5) is 11.0. The van der Waals surface area contributed by atoms with E-state index < -0.39 is 5.97 Å². The van der Waals surface area contributed by atoms with Gasteiger partial charge in [0.2, 0.25) is 0 Å². The van der Waals surface area contributed by atoms with Crippen LogP contribution in [0, 0.1) is 0 Å². The molecule has 0 atom stereocenters.